The number of halogens is 3. The number of alkyl halides is 3. The maximum Gasteiger partial charge on any atom is 0.482 e. The van der Waals surface area contributed by atoms with Crippen LogP contribution in [0.25, 0.3) is 6.08 Å². The Morgan fingerprint density at radius 3 is 2.78 bits per heavy atom. The molecule has 8 nitrogen and oxygen atoms in total. The van der Waals surface area contributed by atoms with Gasteiger partial charge in [0, 0.05) is 43.5 Å². The molecule has 0 radical (unpaired) electrons. The molecule has 0 atom stereocenters. The van der Waals surface area contributed by atoms with Crippen molar-refractivity contribution in [2.75, 3.05) is 24.3 Å². The van der Waals surface area contributed by atoms with E-state index in [9.17, 15) is 22.8 Å². The SMILES string of the molecule is CCCOc1c(CN(C)C(=O)/C=C/c2cnc3c(c2)CNC(C)(C)C(=O)N3)cccc1NC(F)(F)F. The van der Waals surface area contributed by atoms with Crippen LogP contribution < -0.4 is 20.7 Å². The number of pyridine rings is 1. The molecule has 0 aliphatic carbocycles. The van der Waals surface area contributed by atoms with E-state index in [2.05, 4.69) is 15.6 Å². The average Bonchev–Trinajstić information content (AvgIpc) is 2.91. The number of fused-ring (bicyclic) bond motifs is 1. The van der Waals surface area contributed by atoms with Crippen LogP contribution >= 0.6 is 0 Å². The number of carbonyl (C=O) groups excluding carboxylic acids is 2. The van der Waals surface area contributed by atoms with Crippen molar-refractivity contribution in [1.29, 1.82) is 0 Å². The normalized spacial score (nSPS) is 15.1. The average molecular weight is 506 g/mol. The first-order valence-corrected chi connectivity index (χ1v) is 11.5. The molecular weight excluding hydrogens is 475 g/mol. The molecule has 1 aromatic heterocycles. The van der Waals surface area contributed by atoms with Crippen molar-refractivity contribution in [2.45, 2.75) is 52.1 Å². The summed E-state index contributed by atoms with van der Waals surface area (Å²) in [5.41, 5.74) is 0.933. The van der Waals surface area contributed by atoms with Crippen LogP contribution in [0.4, 0.5) is 24.7 Å². The molecule has 0 saturated carbocycles. The second-order valence-corrected chi connectivity index (χ2v) is 9.00. The third kappa shape index (κ3) is 6.97. The van der Waals surface area contributed by atoms with E-state index < -0.39 is 11.8 Å². The summed E-state index contributed by atoms with van der Waals surface area (Å²) in [4.78, 5) is 30.7. The molecule has 2 amide bonds. The summed E-state index contributed by atoms with van der Waals surface area (Å²) in [6.07, 6.45) is 0.497. The minimum absolute atomic E-state index is 0.0447. The number of nitrogens with one attached hydrogen (secondary N) is 3. The fraction of sp³-hybridized carbons (Fsp3) is 0.400. The number of likely N-dealkylation sites (N-methyl/N-ethyl adjacent to an activating group) is 1. The summed E-state index contributed by atoms with van der Waals surface area (Å²) in [7, 11) is 1.55. The molecule has 0 bridgehead atoms. The Bertz CT molecular complexity index is 1150. The predicted molar refractivity (Wildman–Crippen MR) is 131 cm³/mol. The summed E-state index contributed by atoms with van der Waals surface area (Å²) in [5, 5.41) is 7.46. The van der Waals surface area contributed by atoms with Gasteiger partial charge in [-0.15, -0.1) is 0 Å². The highest BCUT2D eigenvalue weighted by molar-refractivity contribution is 5.98. The second-order valence-electron chi connectivity index (χ2n) is 9.00. The number of anilines is 2. The van der Waals surface area contributed by atoms with Crippen molar-refractivity contribution < 1.29 is 27.5 Å². The number of aromatic nitrogens is 1. The number of rotatable bonds is 8. The number of amides is 2. The van der Waals surface area contributed by atoms with Crippen LogP contribution in [0.1, 0.15) is 43.9 Å². The van der Waals surface area contributed by atoms with Gasteiger partial charge in [0.25, 0.3) is 0 Å². The lowest BCUT2D eigenvalue weighted by atomic mass is 10.1. The topological polar surface area (TPSA) is 95.6 Å². The van der Waals surface area contributed by atoms with Gasteiger partial charge in [-0.25, -0.2) is 4.98 Å². The van der Waals surface area contributed by atoms with Crippen LogP contribution in [-0.2, 0) is 22.7 Å². The zero-order valence-electron chi connectivity index (χ0n) is 20.6. The zero-order valence-corrected chi connectivity index (χ0v) is 20.6. The largest absolute Gasteiger partial charge is 0.491 e. The highest BCUT2D eigenvalue weighted by atomic mass is 19.4. The number of para-hydroxylation sites is 1. The smallest absolute Gasteiger partial charge is 0.482 e. The number of benzene rings is 1. The number of hydrogen-bond donors (Lipinski definition) is 3. The molecule has 1 aliphatic rings. The van der Waals surface area contributed by atoms with Gasteiger partial charge in [-0.1, -0.05) is 19.1 Å². The highest BCUT2D eigenvalue weighted by Crippen LogP contribution is 2.33. The molecule has 1 aromatic carbocycles. The van der Waals surface area contributed by atoms with Gasteiger partial charge in [0.1, 0.15) is 11.6 Å². The molecule has 0 fully saturated rings. The zero-order chi connectivity index (χ0) is 26.5. The van der Waals surface area contributed by atoms with Gasteiger partial charge < -0.3 is 15.0 Å². The number of nitrogens with zero attached hydrogens (tertiary/aromatic N) is 2. The van der Waals surface area contributed by atoms with Crippen LogP contribution in [0.3, 0.4) is 0 Å². The molecule has 36 heavy (non-hydrogen) atoms. The molecule has 11 heteroatoms. The lowest BCUT2D eigenvalue weighted by molar-refractivity contribution is -0.125. The lowest BCUT2D eigenvalue weighted by Gasteiger charge is -2.21. The maximum absolute atomic E-state index is 12.9. The third-order valence-electron chi connectivity index (χ3n) is 5.53. The van der Waals surface area contributed by atoms with E-state index >= 15 is 0 Å². The van der Waals surface area contributed by atoms with Gasteiger partial charge in [-0.3, -0.25) is 20.2 Å². The van der Waals surface area contributed by atoms with Crippen molar-refractivity contribution in [3.05, 3.63) is 53.2 Å². The standard InChI is InChI=1S/C25H30F3N5O3/c1-5-11-36-21-17(7-6-8-19(21)32-25(26,27)28)15-33(4)20(34)10-9-16-12-18-14-30-24(2,3)23(35)31-22(18)29-13-16/h6-10,12-13,30,32H,5,11,14-15H2,1-4H3,(H,29,31,35)/b10-9+. The van der Waals surface area contributed by atoms with Crippen molar-refractivity contribution >= 4 is 29.4 Å². The molecule has 0 spiro atoms. The van der Waals surface area contributed by atoms with Crippen molar-refractivity contribution in [3.8, 4) is 5.75 Å². The highest BCUT2D eigenvalue weighted by Gasteiger charge is 2.31. The Labute approximate surface area is 207 Å². The number of ether oxygens (including phenoxy) is 1. The summed E-state index contributed by atoms with van der Waals surface area (Å²) < 4.78 is 44.4. The molecule has 0 unspecified atom stereocenters. The van der Waals surface area contributed by atoms with Crippen molar-refractivity contribution in [3.63, 3.8) is 0 Å². The van der Waals surface area contributed by atoms with E-state index in [1.807, 2.05) is 13.0 Å². The molecule has 194 valence electrons. The van der Waals surface area contributed by atoms with E-state index in [4.69, 9.17) is 4.74 Å². The maximum atomic E-state index is 12.9. The number of carbonyl (C=O) groups is 2. The quantitative estimate of drug-likeness (QED) is 0.366. The third-order valence-corrected chi connectivity index (χ3v) is 5.53. The van der Waals surface area contributed by atoms with Crippen molar-refractivity contribution in [2.24, 2.45) is 0 Å². The minimum atomic E-state index is -4.62. The van der Waals surface area contributed by atoms with Crippen LogP contribution in [0.5, 0.6) is 5.75 Å². The molecule has 2 heterocycles. The summed E-state index contributed by atoms with van der Waals surface area (Å²) in [6.45, 7) is 6.10. The molecule has 3 rings (SSSR count). The Morgan fingerprint density at radius 1 is 1.33 bits per heavy atom. The molecule has 1 aliphatic heterocycles. The summed E-state index contributed by atoms with van der Waals surface area (Å²) in [6, 6.07) is 6.21. The lowest BCUT2D eigenvalue weighted by Crippen LogP contribution is -2.47. The van der Waals surface area contributed by atoms with Crippen LogP contribution in [0, 0.1) is 0 Å². The fourth-order valence-corrected chi connectivity index (χ4v) is 3.49. The second kappa shape index (κ2) is 11.0. The molecule has 3 N–H and O–H groups in total. The fourth-order valence-electron chi connectivity index (χ4n) is 3.49. The van der Waals surface area contributed by atoms with E-state index in [1.54, 1.807) is 39.2 Å². The van der Waals surface area contributed by atoms with E-state index in [-0.39, 0.29) is 36.4 Å². The van der Waals surface area contributed by atoms with Gasteiger partial charge in [0.2, 0.25) is 11.8 Å². The van der Waals surface area contributed by atoms with E-state index in [0.29, 0.717) is 29.9 Å². The first kappa shape index (κ1) is 27.0. The number of hydrogen-bond acceptors (Lipinski definition) is 6. The van der Waals surface area contributed by atoms with Gasteiger partial charge in [0.05, 0.1) is 17.8 Å². The molecule has 0 saturated heterocycles. The molecular formula is C25H30F3N5O3. The van der Waals surface area contributed by atoms with E-state index in [0.717, 1.165) is 5.56 Å². The Kier molecular flexibility index (Phi) is 8.24. The Balaban J connectivity index is 1.73. The minimum Gasteiger partial charge on any atom is -0.491 e. The van der Waals surface area contributed by atoms with Crippen molar-refractivity contribution in [1.82, 2.24) is 15.2 Å². The Hall–Kier alpha value is -3.60. The van der Waals surface area contributed by atoms with E-state index in [1.165, 1.54) is 28.4 Å². The van der Waals surface area contributed by atoms with Gasteiger partial charge in [-0.2, -0.15) is 13.2 Å². The van der Waals surface area contributed by atoms with Crippen LogP contribution in [0.15, 0.2) is 36.5 Å². The van der Waals surface area contributed by atoms with Crippen LogP contribution in [0.2, 0.25) is 0 Å². The first-order valence-electron chi connectivity index (χ1n) is 11.5. The molecule has 2 aromatic rings. The summed E-state index contributed by atoms with van der Waals surface area (Å²) in [5.74, 6) is -0.0166. The Morgan fingerprint density at radius 2 is 2.08 bits per heavy atom. The summed E-state index contributed by atoms with van der Waals surface area (Å²) >= 11 is 0. The van der Waals surface area contributed by atoms with Gasteiger partial charge in [-0.05, 0) is 44.0 Å². The first-order chi connectivity index (χ1) is 16.9. The monoisotopic (exact) mass is 505 g/mol. The van der Waals surface area contributed by atoms with Gasteiger partial charge >= 0.3 is 6.30 Å². The van der Waals surface area contributed by atoms with Crippen LogP contribution in [-0.4, -0.2) is 47.2 Å². The van der Waals surface area contributed by atoms with Gasteiger partial charge in [0.15, 0.2) is 0 Å². The predicted octanol–water partition coefficient (Wildman–Crippen LogP) is 4.29.